The summed E-state index contributed by atoms with van der Waals surface area (Å²) in [5.74, 6) is -1.00. The molecule has 0 fully saturated rings. The quantitative estimate of drug-likeness (QED) is 0.450. The summed E-state index contributed by atoms with van der Waals surface area (Å²) in [7, 11) is 1.51. The molecular formula is C21H17FN2O5S. The Morgan fingerprint density at radius 3 is 2.83 bits per heavy atom. The maximum Gasteiger partial charge on any atom is 0.326 e. The maximum absolute atomic E-state index is 13.7. The van der Waals surface area contributed by atoms with Gasteiger partial charge in [-0.3, -0.25) is 9.59 Å². The number of methoxy groups -OCH3 is 1. The van der Waals surface area contributed by atoms with Crippen LogP contribution in [-0.2, 0) is 16.1 Å². The molecule has 0 bridgehead atoms. The monoisotopic (exact) mass is 428 g/mol. The van der Waals surface area contributed by atoms with Crippen LogP contribution in [0.15, 0.2) is 51.9 Å². The smallest absolute Gasteiger partial charge is 0.326 e. The lowest BCUT2D eigenvalue weighted by molar-refractivity contribution is -0.143. The fraction of sp³-hybridized carbons (Fsp3) is 0.190. The minimum Gasteiger partial charge on any atom is -0.493 e. The number of para-hydroxylation sites is 1. The van der Waals surface area contributed by atoms with Crippen LogP contribution in [0.3, 0.4) is 0 Å². The minimum atomic E-state index is -0.627. The number of ether oxygens (including phenoxy) is 2. The number of thiazole rings is 1. The van der Waals surface area contributed by atoms with Crippen LogP contribution in [0.4, 0.5) is 4.39 Å². The van der Waals surface area contributed by atoms with E-state index in [4.69, 9.17) is 13.9 Å². The van der Waals surface area contributed by atoms with E-state index < -0.39 is 17.7 Å². The highest BCUT2D eigenvalue weighted by molar-refractivity contribution is 7.16. The number of carbonyl (C=O) groups excluding carboxylic acids is 2. The molecule has 2 aromatic heterocycles. The first-order chi connectivity index (χ1) is 14.5. The van der Waals surface area contributed by atoms with Crippen molar-refractivity contribution in [2.75, 3.05) is 13.7 Å². The lowest BCUT2D eigenvalue weighted by Gasteiger charge is -2.04. The van der Waals surface area contributed by atoms with Crippen LogP contribution in [0.1, 0.15) is 17.5 Å². The first kappa shape index (κ1) is 19.8. The second-order valence-corrected chi connectivity index (χ2v) is 7.30. The molecule has 0 aliphatic carbocycles. The van der Waals surface area contributed by atoms with Crippen molar-refractivity contribution in [3.05, 3.63) is 58.8 Å². The number of rotatable bonds is 5. The van der Waals surface area contributed by atoms with Gasteiger partial charge < -0.3 is 18.5 Å². The summed E-state index contributed by atoms with van der Waals surface area (Å²) in [6, 6.07) is 11.0. The van der Waals surface area contributed by atoms with Crippen LogP contribution in [0.5, 0.6) is 5.75 Å². The number of halogens is 1. The molecule has 0 aliphatic heterocycles. The highest BCUT2D eigenvalue weighted by Gasteiger charge is 2.17. The largest absolute Gasteiger partial charge is 0.493 e. The van der Waals surface area contributed by atoms with Gasteiger partial charge in [0.1, 0.15) is 12.4 Å². The Kier molecular flexibility index (Phi) is 5.37. The van der Waals surface area contributed by atoms with Gasteiger partial charge in [0.15, 0.2) is 21.9 Å². The number of fused-ring (bicyclic) bond motifs is 2. The standard InChI is InChI=1S/C21H17FN2O5S/c1-3-28-18(25)11-24-14-8-7-13(22)10-17(14)30-21(24)23-20(26)16-9-12-5-4-6-15(27-2)19(12)29-16/h4-10H,3,11H2,1-2H3. The summed E-state index contributed by atoms with van der Waals surface area (Å²) in [6.45, 7) is 1.77. The van der Waals surface area contributed by atoms with E-state index in [0.717, 1.165) is 11.3 Å². The average molecular weight is 428 g/mol. The fourth-order valence-electron chi connectivity index (χ4n) is 3.07. The molecular weight excluding hydrogens is 411 g/mol. The van der Waals surface area contributed by atoms with Crippen molar-refractivity contribution in [3.63, 3.8) is 0 Å². The summed E-state index contributed by atoms with van der Waals surface area (Å²) < 4.78 is 31.7. The van der Waals surface area contributed by atoms with Gasteiger partial charge in [-0.15, -0.1) is 0 Å². The number of amides is 1. The molecule has 4 aromatic rings. The van der Waals surface area contributed by atoms with Gasteiger partial charge in [0.2, 0.25) is 0 Å². The predicted molar refractivity (Wildman–Crippen MR) is 109 cm³/mol. The lowest BCUT2D eigenvalue weighted by Crippen LogP contribution is -2.23. The van der Waals surface area contributed by atoms with Crippen LogP contribution >= 0.6 is 11.3 Å². The van der Waals surface area contributed by atoms with Crippen molar-refractivity contribution in [2.45, 2.75) is 13.5 Å². The van der Waals surface area contributed by atoms with Crippen molar-refractivity contribution in [3.8, 4) is 5.75 Å². The summed E-state index contributed by atoms with van der Waals surface area (Å²) in [4.78, 5) is 29.2. The average Bonchev–Trinajstić information content (AvgIpc) is 3.29. The second-order valence-electron chi connectivity index (χ2n) is 6.29. The van der Waals surface area contributed by atoms with Crippen molar-refractivity contribution >= 4 is 44.4 Å². The third kappa shape index (κ3) is 3.71. The van der Waals surface area contributed by atoms with Gasteiger partial charge in [-0.1, -0.05) is 23.5 Å². The topological polar surface area (TPSA) is 83.0 Å². The van der Waals surface area contributed by atoms with Gasteiger partial charge in [0.05, 0.1) is 23.9 Å². The van der Waals surface area contributed by atoms with E-state index in [1.54, 1.807) is 31.2 Å². The van der Waals surface area contributed by atoms with E-state index >= 15 is 0 Å². The minimum absolute atomic E-state index is 0.0285. The zero-order chi connectivity index (χ0) is 21.3. The van der Waals surface area contributed by atoms with Crippen LogP contribution in [0.2, 0.25) is 0 Å². The normalized spacial score (nSPS) is 11.9. The molecule has 0 spiro atoms. The zero-order valence-electron chi connectivity index (χ0n) is 16.2. The molecule has 0 aliphatic rings. The van der Waals surface area contributed by atoms with Gasteiger partial charge in [-0.25, -0.2) is 4.39 Å². The summed E-state index contributed by atoms with van der Waals surface area (Å²) in [5.41, 5.74) is 1.02. The number of aromatic nitrogens is 1. The number of carbonyl (C=O) groups is 2. The third-order valence-corrected chi connectivity index (χ3v) is 5.41. The Morgan fingerprint density at radius 1 is 1.23 bits per heavy atom. The molecule has 2 heterocycles. The predicted octanol–water partition coefficient (Wildman–Crippen LogP) is 3.90. The Balaban J connectivity index is 1.81. The summed E-state index contributed by atoms with van der Waals surface area (Å²) in [6.07, 6.45) is 0. The van der Waals surface area contributed by atoms with Crippen molar-refractivity contribution in [1.29, 1.82) is 0 Å². The number of hydrogen-bond acceptors (Lipinski definition) is 6. The molecule has 4 rings (SSSR count). The van der Waals surface area contributed by atoms with Crippen LogP contribution in [0.25, 0.3) is 21.2 Å². The molecule has 7 nitrogen and oxygen atoms in total. The summed E-state index contributed by atoms with van der Waals surface area (Å²) in [5, 5.41) is 0.700. The first-order valence-corrected chi connectivity index (χ1v) is 9.92. The number of nitrogens with zero attached hydrogens (tertiary/aromatic N) is 2. The molecule has 0 atom stereocenters. The molecule has 0 saturated carbocycles. The molecule has 154 valence electrons. The Hall–Kier alpha value is -3.46. The SMILES string of the molecule is CCOC(=O)Cn1c(=NC(=O)c2cc3cccc(OC)c3o2)sc2cc(F)ccc21. The Labute approximate surface area is 174 Å². The number of hydrogen-bond donors (Lipinski definition) is 0. The number of benzene rings is 2. The van der Waals surface area contributed by atoms with Gasteiger partial charge in [0, 0.05) is 5.39 Å². The molecule has 2 aromatic carbocycles. The first-order valence-electron chi connectivity index (χ1n) is 9.10. The molecule has 0 saturated heterocycles. The Bertz CT molecular complexity index is 1330. The van der Waals surface area contributed by atoms with Crippen molar-refractivity contribution < 1.29 is 27.9 Å². The van der Waals surface area contributed by atoms with E-state index in [2.05, 4.69) is 4.99 Å². The number of esters is 1. The fourth-order valence-corrected chi connectivity index (χ4v) is 4.12. The molecule has 30 heavy (non-hydrogen) atoms. The van der Waals surface area contributed by atoms with Gasteiger partial charge in [-0.2, -0.15) is 4.99 Å². The molecule has 0 radical (unpaired) electrons. The van der Waals surface area contributed by atoms with Crippen LogP contribution in [0, 0.1) is 5.82 Å². The lowest BCUT2D eigenvalue weighted by atomic mass is 10.2. The van der Waals surface area contributed by atoms with Gasteiger partial charge >= 0.3 is 11.9 Å². The van der Waals surface area contributed by atoms with E-state index in [9.17, 15) is 14.0 Å². The molecule has 0 unspecified atom stereocenters. The zero-order valence-corrected chi connectivity index (χ0v) is 17.0. The Morgan fingerprint density at radius 2 is 2.07 bits per heavy atom. The number of furan rings is 1. The maximum atomic E-state index is 13.7. The van der Waals surface area contributed by atoms with Crippen LogP contribution in [-0.4, -0.2) is 30.2 Å². The highest BCUT2D eigenvalue weighted by Crippen LogP contribution is 2.28. The van der Waals surface area contributed by atoms with Crippen molar-refractivity contribution in [2.24, 2.45) is 4.99 Å². The van der Waals surface area contributed by atoms with Crippen LogP contribution < -0.4 is 9.54 Å². The van der Waals surface area contributed by atoms with E-state index in [-0.39, 0.29) is 23.7 Å². The van der Waals surface area contributed by atoms with Gasteiger partial charge in [-0.05, 0) is 37.3 Å². The third-order valence-electron chi connectivity index (χ3n) is 4.37. The molecule has 9 heteroatoms. The van der Waals surface area contributed by atoms with Gasteiger partial charge in [0.25, 0.3) is 0 Å². The molecule has 0 N–H and O–H groups in total. The summed E-state index contributed by atoms with van der Waals surface area (Å²) >= 11 is 1.10. The molecule has 1 amide bonds. The van der Waals surface area contributed by atoms with E-state index in [1.165, 1.54) is 29.9 Å². The second kappa shape index (κ2) is 8.11. The van der Waals surface area contributed by atoms with E-state index in [1.807, 2.05) is 0 Å². The van der Waals surface area contributed by atoms with Crippen molar-refractivity contribution in [1.82, 2.24) is 4.57 Å². The highest BCUT2D eigenvalue weighted by atomic mass is 32.1. The van der Waals surface area contributed by atoms with E-state index in [0.29, 0.717) is 26.9 Å².